The van der Waals surface area contributed by atoms with Crippen LogP contribution in [0.4, 0.5) is 0 Å². The van der Waals surface area contributed by atoms with Gasteiger partial charge in [-0.25, -0.2) is 4.68 Å². The first-order valence-electron chi connectivity index (χ1n) is 10.4. The standard InChI is InChI=1S/C23H29N3/c1-4-10-19(11-5-1)16-17-22-23(21-14-8-3-9-15-21)24-25-26(22)18-20-12-6-2-7-13-20/h2,6-7,12-13,19,21H,1,3-5,8-11,14-15,18H2. The maximum Gasteiger partial charge on any atom is 0.135 e. The summed E-state index contributed by atoms with van der Waals surface area (Å²) < 4.78 is 2.04. The van der Waals surface area contributed by atoms with Gasteiger partial charge in [0.1, 0.15) is 11.4 Å². The predicted octanol–water partition coefficient (Wildman–Crippen LogP) is 5.31. The van der Waals surface area contributed by atoms with Gasteiger partial charge in [-0.1, -0.05) is 80.0 Å². The summed E-state index contributed by atoms with van der Waals surface area (Å²) >= 11 is 0. The minimum absolute atomic E-state index is 0.545. The molecule has 4 rings (SSSR count). The molecule has 2 aliphatic carbocycles. The highest BCUT2D eigenvalue weighted by Gasteiger charge is 2.23. The molecule has 0 bridgehead atoms. The molecule has 2 saturated carbocycles. The number of nitrogens with zero attached hydrogens (tertiary/aromatic N) is 3. The molecule has 0 spiro atoms. The van der Waals surface area contributed by atoms with Crippen molar-refractivity contribution in [1.29, 1.82) is 0 Å². The zero-order chi connectivity index (χ0) is 17.6. The van der Waals surface area contributed by atoms with Crippen molar-refractivity contribution in [3.05, 3.63) is 47.3 Å². The molecule has 0 atom stereocenters. The van der Waals surface area contributed by atoms with E-state index in [0.717, 1.165) is 17.9 Å². The van der Waals surface area contributed by atoms with Crippen molar-refractivity contribution in [2.24, 2.45) is 5.92 Å². The molecule has 2 fully saturated rings. The van der Waals surface area contributed by atoms with Crippen LogP contribution in [0.25, 0.3) is 0 Å². The van der Waals surface area contributed by atoms with Gasteiger partial charge in [0, 0.05) is 11.8 Å². The predicted molar refractivity (Wildman–Crippen MR) is 105 cm³/mol. The van der Waals surface area contributed by atoms with Crippen LogP contribution < -0.4 is 0 Å². The third-order valence-electron chi connectivity index (χ3n) is 5.93. The molecule has 3 nitrogen and oxygen atoms in total. The Balaban J connectivity index is 1.62. The lowest BCUT2D eigenvalue weighted by atomic mass is 9.86. The van der Waals surface area contributed by atoms with E-state index < -0.39 is 0 Å². The average Bonchev–Trinajstić information content (AvgIpc) is 3.11. The lowest BCUT2D eigenvalue weighted by molar-refractivity contribution is 0.430. The van der Waals surface area contributed by atoms with Crippen LogP contribution in [-0.2, 0) is 6.54 Å². The van der Waals surface area contributed by atoms with Crippen molar-refractivity contribution in [2.75, 3.05) is 0 Å². The number of aromatic nitrogens is 3. The van der Waals surface area contributed by atoms with E-state index in [1.54, 1.807) is 0 Å². The minimum atomic E-state index is 0.545. The highest BCUT2D eigenvalue weighted by molar-refractivity contribution is 5.35. The topological polar surface area (TPSA) is 30.7 Å². The molecule has 1 aromatic carbocycles. The molecule has 0 amide bonds. The van der Waals surface area contributed by atoms with Crippen molar-refractivity contribution in [3.63, 3.8) is 0 Å². The first kappa shape index (κ1) is 17.3. The van der Waals surface area contributed by atoms with E-state index >= 15 is 0 Å². The van der Waals surface area contributed by atoms with Crippen LogP contribution in [0.3, 0.4) is 0 Å². The molecule has 1 heterocycles. The average molecular weight is 348 g/mol. The summed E-state index contributed by atoms with van der Waals surface area (Å²) in [7, 11) is 0. The summed E-state index contributed by atoms with van der Waals surface area (Å²) in [5, 5.41) is 9.12. The second kappa shape index (κ2) is 8.54. The van der Waals surface area contributed by atoms with Crippen molar-refractivity contribution in [2.45, 2.75) is 76.7 Å². The molecule has 26 heavy (non-hydrogen) atoms. The summed E-state index contributed by atoms with van der Waals surface area (Å²) in [6, 6.07) is 10.5. The van der Waals surface area contributed by atoms with Crippen molar-refractivity contribution in [3.8, 4) is 11.8 Å². The Morgan fingerprint density at radius 3 is 2.31 bits per heavy atom. The maximum atomic E-state index is 4.61. The molecular weight excluding hydrogens is 318 g/mol. The van der Waals surface area contributed by atoms with Gasteiger partial charge in [-0.3, -0.25) is 0 Å². The number of hydrogen-bond donors (Lipinski definition) is 0. The van der Waals surface area contributed by atoms with Gasteiger partial charge in [-0.2, -0.15) is 0 Å². The van der Waals surface area contributed by atoms with Gasteiger partial charge >= 0.3 is 0 Å². The monoisotopic (exact) mass is 347 g/mol. The number of benzene rings is 1. The molecule has 0 N–H and O–H groups in total. The quantitative estimate of drug-likeness (QED) is 0.705. The largest absolute Gasteiger partial charge is 0.232 e. The Morgan fingerprint density at radius 1 is 0.885 bits per heavy atom. The zero-order valence-electron chi connectivity index (χ0n) is 15.7. The van der Waals surface area contributed by atoms with Crippen LogP contribution in [0.2, 0.25) is 0 Å². The van der Waals surface area contributed by atoms with E-state index in [9.17, 15) is 0 Å². The molecule has 0 saturated heterocycles. The number of hydrogen-bond acceptors (Lipinski definition) is 2. The van der Waals surface area contributed by atoms with Crippen LogP contribution >= 0.6 is 0 Å². The summed E-state index contributed by atoms with van der Waals surface area (Å²) in [6.45, 7) is 0.759. The van der Waals surface area contributed by atoms with Gasteiger partial charge in [0.15, 0.2) is 0 Å². The lowest BCUT2D eigenvalue weighted by Crippen LogP contribution is -2.10. The maximum absolute atomic E-state index is 4.61. The molecule has 2 aliphatic rings. The van der Waals surface area contributed by atoms with Gasteiger partial charge in [0.05, 0.1) is 6.54 Å². The van der Waals surface area contributed by atoms with Crippen molar-refractivity contribution >= 4 is 0 Å². The summed E-state index contributed by atoms with van der Waals surface area (Å²) in [5.41, 5.74) is 3.49. The molecule has 3 heteroatoms. The highest BCUT2D eigenvalue weighted by Crippen LogP contribution is 2.33. The molecule has 2 aromatic rings. The van der Waals surface area contributed by atoms with E-state index in [0.29, 0.717) is 11.8 Å². The third kappa shape index (κ3) is 4.18. The minimum Gasteiger partial charge on any atom is -0.232 e. The van der Waals surface area contributed by atoms with Crippen molar-refractivity contribution < 1.29 is 0 Å². The van der Waals surface area contributed by atoms with E-state index in [-0.39, 0.29) is 0 Å². The normalized spacial score (nSPS) is 19.1. The van der Waals surface area contributed by atoms with Gasteiger partial charge in [-0.15, -0.1) is 5.10 Å². The van der Waals surface area contributed by atoms with Crippen LogP contribution in [0.5, 0.6) is 0 Å². The first-order chi connectivity index (χ1) is 12.9. The van der Waals surface area contributed by atoms with E-state index in [1.807, 2.05) is 4.68 Å². The van der Waals surface area contributed by atoms with Gasteiger partial charge in [-0.05, 0) is 37.2 Å². The summed E-state index contributed by atoms with van der Waals surface area (Å²) in [5.74, 6) is 8.22. The fourth-order valence-corrected chi connectivity index (χ4v) is 4.39. The van der Waals surface area contributed by atoms with Crippen LogP contribution in [0.15, 0.2) is 30.3 Å². The smallest absolute Gasteiger partial charge is 0.135 e. The van der Waals surface area contributed by atoms with Crippen molar-refractivity contribution in [1.82, 2.24) is 15.0 Å². The molecule has 0 unspecified atom stereocenters. The molecule has 1 aromatic heterocycles. The van der Waals surface area contributed by atoms with Crippen LogP contribution in [0.1, 0.15) is 87.1 Å². The Kier molecular flexibility index (Phi) is 5.69. The Bertz CT molecular complexity index is 754. The number of rotatable bonds is 3. The van der Waals surface area contributed by atoms with Gasteiger partial charge in [0.2, 0.25) is 0 Å². The van der Waals surface area contributed by atoms with Gasteiger partial charge in [0.25, 0.3) is 0 Å². The van der Waals surface area contributed by atoms with Gasteiger partial charge < -0.3 is 0 Å². The van der Waals surface area contributed by atoms with E-state index in [2.05, 4.69) is 52.5 Å². The molecular formula is C23H29N3. The summed E-state index contributed by atoms with van der Waals surface area (Å²) in [6.07, 6.45) is 13.0. The fraction of sp³-hybridized carbons (Fsp3) is 0.565. The second-order valence-electron chi connectivity index (χ2n) is 7.91. The highest BCUT2D eigenvalue weighted by atomic mass is 15.4. The second-order valence-corrected chi connectivity index (χ2v) is 7.91. The zero-order valence-corrected chi connectivity index (χ0v) is 15.7. The summed E-state index contributed by atoms with van der Waals surface area (Å²) in [4.78, 5) is 0. The third-order valence-corrected chi connectivity index (χ3v) is 5.93. The van der Waals surface area contributed by atoms with E-state index in [4.69, 9.17) is 0 Å². The van der Waals surface area contributed by atoms with Crippen LogP contribution in [-0.4, -0.2) is 15.0 Å². The van der Waals surface area contributed by atoms with Crippen LogP contribution in [0, 0.1) is 17.8 Å². The fourth-order valence-electron chi connectivity index (χ4n) is 4.39. The lowest BCUT2D eigenvalue weighted by Gasteiger charge is -2.20. The molecule has 136 valence electrons. The van der Waals surface area contributed by atoms with E-state index in [1.165, 1.54) is 69.8 Å². The Hall–Kier alpha value is -2.08. The molecule has 0 radical (unpaired) electrons. The Labute approximate surface area is 157 Å². The SMILES string of the molecule is C(#CC1CCCCC1)c1c(C2CCCCC2)nnn1Cc1ccccc1. The first-order valence-corrected chi connectivity index (χ1v) is 10.4. The Morgan fingerprint density at radius 2 is 1.58 bits per heavy atom. The molecule has 0 aliphatic heterocycles.